The highest BCUT2D eigenvalue weighted by Crippen LogP contribution is 2.38. The molecule has 182 valence electrons. The molecule has 0 amide bonds. The molecule has 0 spiro atoms. The number of ketones is 3. The van der Waals surface area contributed by atoms with Crippen LogP contribution < -0.4 is 4.74 Å². The fourth-order valence-electron chi connectivity index (χ4n) is 5.15. The van der Waals surface area contributed by atoms with Gasteiger partial charge in [-0.2, -0.15) is 0 Å². The number of rotatable bonds is 1. The second kappa shape index (κ2) is 9.45. The Bertz CT molecular complexity index is 1520. The van der Waals surface area contributed by atoms with Gasteiger partial charge in [0.1, 0.15) is 5.75 Å². The first-order chi connectivity index (χ1) is 17.5. The minimum absolute atomic E-state index is 0.114. The van der Waals surface area contributed by atoms with Crippen LogP contribution in [0.4, 0.5) is 0 Å². The van der Waals surface area contributed by atoms with E-state index in [0.717, 1.165) is 33.4 Å². The van der Waals surface area contributed by atoms with E-state index in [4.69, 9.17) is 4.74 Å². The Morgan fingerprint density at radius 1 is 0.750 bits per heavy atom. The molecule has 7 heteroatoms. The smallest absolute Gasteiger partial charge is 0.170 e. The standard InChI is InChI=1S/C17H15NOS.C12H10O3S/c1-2-18-14-6-4-3-5-11(14)12-10-17-13(9-15(12)18)16(19)7-8-20-17;13-9-1-3-15-11-5-8-10(14)2-4-16-12(8)6-7(9)11/h3-6,9-10H,2,7-8H2,1H3;5-6H,1-4H2. The summed E-state index contributed by atoms with van der Waals surface area (Å²) >= 11 is 3.44. The molecule has 0 saturated heterocycles. The third-order valence-electron chi connectivity index (χ3n) is 6.93. The van der Waals surface area contributed by atoms with Crippen LogP contribution in [0.5, 0.6) is 5.75 Å². The number of carbonyl (C=O) groups is 3. The number of aryl methyl sites for hydroxylation is 1. The van der Waals surface area contributed by atoms with Crippen LogP contribution in [0.15, 0.2) is 58.3 Å². The topological polar surface area (TPSA) is 65.4 Å². The van der Waals surface area contributed by atoms with E-state index in [9.17, 15) is 14.4 Å². The van der Waals surface area contributed by atoms with Gasteiger partial charge in [-0.25, -0.2) is 0 Å². The molecule has 0 unspecified atom stereocenters. The van der Waals surface area contributed by atoms with Crippen molar-refractivity contribution in [3.63, 3.8) is 0 Å². The molecular formula is C29H25NO4S2. The second-order valence-corrected chi connectivity index (χ2v) is 11.3. The zero-order chi connectivity index (χ0) is 24.8. The fraction of sp³-hybridized carbons (Fsp3) is 0.276. The maximum Gasteiger partial charge on any atom is 0.170 e. The van der Waals surface area contributed by atoms with Gasteiger partial charge in [0.2, 0.25) is 0 Å². The summed E-state index contributed by atoms with van der Waals surface area (Å²) in [7, 11) is 0. The van der Waals surface area contributed by atoms with Gasteiger partial charge in [-0.3, -0.25) is 14.4 Å². The van der Waals surface area contributed by atoms with Gasteiger partial charge in [0.15, 0.2) is 17.3 Å². The maximum atomic E-state index is 12.1. The highest BCUT2D eigenvalue weighted by Gasteiger charge is 2.25. The summed E-state index contributed by atoms with van der Waals surface area (Å²) in [5.41, 5.74) is 4.69. The van der Waals surface area contributed by atoms with E-state index in [1.54, 1.807) is 29.6 Å². The van der Waals surface area contributed by atoms with E-state index >= 15 is 0 Å². The molecule has 0 saturated carbocycles. The Morgan fingerprint density at radius 3 is 2.17 bits per heavy atom. The van der Waals surface area contributed by atoms with Crippen LogP contribution in [-0.4, -0.2) is 40.0 Å². The Kier molecular flexibility index (Phi) is 6.13. The van der Waals surface area contributed by atoms with Crippen LogP contribution in [0, 0.1) is 0 Å². The van der Waals surface area contributed by atoms with Crippen molar-refractivity contribution in [3.8, 4) is 5.75 Å². The van der Waals surface area contributed by atoms with E-state index in [-0.39, 0.29) is 17.3 Å². The first-order valence-corrected chi connectivity index (χ1v) is 14.2. The summed E-state index contributed by atoms with van der Waals surface area (Å²) in [6, 6.07) is 16.3. The molecule has 4 aromatic rings. The number of ether oxygens (including phenoxy) is 1. The van der Waals surface area contributed by atoms with Gasteiger partial charge < -0.3 is 9.30 Å². The largest absolute Gasteiger partial charge is 0.492 e. The van der Waals surface area contributed by atoms with Gasteiger partial charge in [0, 0.05) is 80.0 Å². The van der Waals surface area contributed by atoms with E-state index < -0.39 is 0 Å². The quantitative estimate of drug-likeness (QED) is 0.277. The Labute approximate surface area is 217 Å². The van der Waals surface area contributed by atoms with Crippen molar-refractivity contribution in [2.75, 3.05) is 18.1 Å². The second-order valence-electron chi connectivity index (χ2n) is 9.04. The third-order valence-corrected chi connectivity index (χ3v) is 9.05. The number of Topliss-reactive ketones (excluding diaryl/α,β-unsaturated/α-hetero) is 3. The molecule has 7 rings (SSSR count). The van der Waals surface area contributed by atoms with Crippen molar-refractivity contribution in [2.24, 2.45) is 0 Å². The Hall–Kier alpha value is -3.03. The number of para-hydroxylation sites is 1. The first-order valence-electron chi connectivity index (χ1n) is 12.3. The summed E-state index contributed by atoms with van der Waals surface area (Å²) in [5, 5.41) is 2.55. The van der Waals surface area contributed by atoms with E-state index in [1.807, 2.05) is 6.07 Å². The predicted molar refractivity (Wildman–Crippen MR) is 145 cm³/mol. The van der Waals surface area contributed by atoms with Crippen molar-refractivity contribution in [2.45, 2.75) is 42.5 Å². The van der Waals surface area contributed by atoms with Crippen LogP contribution in [0.2, 0.25) is 0 Å². The SMILES string of the molecule is CCn1c2ccccc2c2cc3c(cc21)C(=O)CCS3.O=C1CCOc2cc3c(cc21)SCCC3=O. The number of hydrogen-bond donors (Lipinski definition) is 0. The molecule has 4 heterocycles. The molecule has 1 aromatic heterocycles. The van der Waals surface area contributed by atoms with Crippen molar-refractivity contribution < 1.29 is 19.1 Å². The summed E-state index contributed by atoms with van der Waals surface area (Å²) in [5.74, 6) is 2.84. The molecule has 0 fully saturated rings. The predicted octanol–water partition coefficient (Wildman–Crippen LogP) is 6.82. The number of nitrogens with zero attached hydrogens (tertiary/aromatic N) is 1. The Balaban J connectivity index is 0.000000137. The minimum Gasteiger partial charge on any atom is -0.492 e. The zero-order valence-electron chi connectivity index (χ0n) is 20.0. The van der Waals surface area contributed by atoms with Crippen LogP contribution >= 0.6 is 23.5 Å². The highest BCUT2D eigenvalue weighted by molar-refractivity contribution is 7.99. The zero-order valence-corrected chi connectivity index (χ0v) is 21.6. The highest BCUT2D eigenvalue weighted by atomic mass is 32.2. The van der Waals surface area contributed by atoms with Gasteiger partial charge >= 0.3 is 0 Å². The summed E-state index contributed by atoms with van der Waals surface area (Å²) in [4.78, 5) is 37.6. The lowest BCUT2D eigenvalue weighted by Crippen LogP contribution is -2.17. The molecule has 3 aliphatic rings. The summed E-state index contributed by atoms with van der Waals surface area (Å²) < 4.78 is 7.73. The summed E-state index contributed by atoms with van der Waals surface area (Å²) in [6.45, 7) is 3.50. The van der Waals surface area contributed by atoms with Crippen molar-refractivity contribution in [3.05, 3.63) is 65.2 Å². The van der Waals surface area contributed by atoms with Crippen molar-refractivity contribution in [1.29, 1.82) is 0 Å². The molecule has 3 aliphatic heterocycles. The van der Waals surface area contributed by atoms with Gasteiger partial charge in [-0.1, -0.05) is 18.2 Å². The van der Waals surface area contributed by atoms with Crippen molar-refractivity contribution in [1.82, 2.24) is 4.57 Å². The molecule has 36 heavy (non-hydrogen) atoms. The lowest BCUT2D eigenvalue weighted by atomic mass is 10.00. The average Bonchev–Trinajstić information content (AvgIpc) is 3.21. The van der Waals surface area contributed by atoms with Crippen molar-refractivity contribution >= 4 is 62.7 Å². The number of fused-ring (bicyclic) bond motifs is 6. The Morgan fingerprint density at radius 2 is 1.42 bits per heavy atom. The van der Waals surface area contributed by atoms with Gasteiger partial charge in [-0.15, -0.1) is 23.5 Å². The molecule has 0 radical (unpaired) electrons. The minimum atomic E-state index is 0.114. The molecule has 0 bridgehead atoms. The molecular weight excluding hydrogens is 490 g/mol. The summed E-state index contributed by atoms with van der Waals surface area (Å²) in [6.07, 6.45) is 1.67. The van der Waals surface area contributed by atoms with Crippen LogP contribution in [0.3, 0.4) is 0 Å². The average molecular weight is 516 g/mol. The van der Waals surface area contributed by atoms with Gasteiger partial charge in [0.05, 0.1) is 12.2 Å². The monoisotopic (exact) mass is 515 g/mol. The van der Waals surface area contributed by atoms with Gasteiger partial charge in [0.25, 0.3) is 0 Å². The normalized spacial score (nSPS) is 16.6. The van der Waals surface area contributed by atoms with Crippen LogP contribution in [0.25, 0.3) is 21.8 Å². The molecule has 0 N–H and O–H groups in total. The lowest BCUT2D eigenvalue weighted by Gasteiger charge is -2.21. The number of hydrogen-bond acceptors (Lipinski definition) is 6. The number of aromatic nitrogens is 1. The fourth-order valence-corrected chi connectivity index (χ4v) is 7.23. The lowest BCUT2D eigenvalue weighted by molar-refractivity contribution is 0.0927. The molecule has 0 aliphatic carbocycles. The van der Waals surface area contributed by atoms with Crippen LogP contribution in [0.1, 0.15) is 57.3 Å². The first kappa shape index (κ1) is 23.4. The molecule has 5 nitrogen and oxygen atoms in total. The van der Waals surface area contributed by atoms with E-state index in [2.05, 4.69) is 47.9 Å². The maximum absolute atomic E-state index is 12.1. The van der Waals surface area contributed by atoms with E-state index in [0.29, 0.717) is 42.7 Å². The van der Waals surface area contributed by atoms with Crippen LogP contribution in [-0.2, 0) is 6.54 Å². The number of thioether (sulfide) groups is 2. The molecule has 0 atom stereocenters. The molecule has 3 aromatic carbocycles. The van der Waals surface area contributed by atoms with E-state index in [1.165, 1.54) is 21.8 Å². The van der Waals surface area contributed by atoms with Gasteiger partial charge in [-0.05, 0) is 37.3 Å². The third kappa shape index (κ3) is 3.95. The number of carbonyl (C=O) groups excluding carboxylic acids is 3. The number of benzene rings is 3.